The number of non-ortho nitro benzene ring substituents is 1. The van der Waals surface area contributed by atoms with Gasteiger partial charge in [0.2, 0.25) is 5.91 Å². The van der Waals surface area contributed by atoms with Gasteiger partial charge in [0.05, 0.1) is 24.5 Å². The summed E-state index contributed by atoms with van der Waals surface area (Å²) < 4.78 is 19.0. The maximum absolute atomic E-state index is 13.8. The molecule has 138 valence electrons. The molecule has 7 heteroatoms. The van der Waals surface area contributed by atoms with Crippen molar-refractivity contribution in [1.29, 1.82) is 0 Å². The van der Waals surface area contributed by atoms with Crippen molar-refractivity contribution in [3.8, 4) is 5.75 Å². The molecule has 26 heavy (non-hydrogen) atoms. The summed E-state index contributed by atoms with van der Waals surface area (Å²) >= 11 is 0. The van der Waals surface area contributed by atoms with E-state index in [4.69, 9.17) is 4.74 Å². The van der Waals surface area contributed by atoms with E-state index in [1.54, 1.807) is 7.11 Å². The fraction of sp³-hybridized carbons (Fsp3) is 0.316. The Balaban J connectivity index is 1.83. The lowest BCUT2D eigenvalue weighted by atomic mass is 10.1. The van der Waals surface area contributed by atoms with Gasteiger partial charge in [0, 0.05) is 12.1 Å². The molecule has 1 atom stereocenters. The molecule has 0 aliphatic carbocycles. The van der Waals surface area contributed by atoms with E-state index in [1.165, 1.54) is 12.1 Å². The number of nitrogens with one attached hydrogen (secondary N) is 1. The number of hydrogen-bond donors (Lipinski definition) is 1. The summed E-state index contributed by atoms with van der Waals surface area (Å²) in [7, 11) is 1.61. The zero-order valence-electron chi connectivity index (χ0n) is 14.7. The van der Waals surface area contributed by atoms with Crippen molar-refractivity contribution < 1.29 is 18.8 Å². The predicted molar refractivity (Wildman–Crippen MR) is 95.7 cm³/mol. The smallest absolute Gasteiger partial charge is 0.272 e. The Morgan fingerprint density at radius 1 is 1.27 bits per heavy atom. The van der Waals surface area contributed by atoms with Crippen LogP contribution < -0.4 is 10.1 Å². The van der Waals surface area contributed by atoms with Gasteiger partial charge in [-0.1, -0.05) is 12.1 Å². The van der Waals surface area contributed by atoms with Gasteiger partial charge in [-0.2, -0.15) is 0 Å². The second-order valence-electron chi connectivity index (χ2n) is 6.06. The number of ether oxygens (including phenoxy) is 1. The van der Waals surface area contributed by atoms with Gasteiger partial charge in [0.1, 0.15) is 11.6 Å². The average Bonchev–Trinajstić information content (AvgIpc) is 2.62. The minimum atomic E-state index is -0.750. The van der Waals surface area contributed by atoms with Crippen molar-refractivity contribution in [2.24, 2.45) is 0 Å². The molecular weight excluding hydrogens is 339 g/mol. The Kier molecular flexibility index (Phi) is 6.66. The molecule has 0 aliphatic heterocycles. The van der Waals surface area contributed by atoms with Gasteiger partial charge in [-0.15, -0.1) is 0 Å². The van der Waals surface area contributed by atoms with Crippen LogP contribution in [0.4, 0.5) is 10.1 Å². The Morgan fingerprint density at radius 3 is 2.54 bits per heavy atom. The van der Waals surface area contributed by atoms with Crippen LogP contribution in [0.25, 0.3) is 0 Å². The Labute approximate surface area is 151 Å². The second-order valence-corrected chi connectivity index (χ2v) is 6.06. The maximum Gasteiger partial charge on any atom is 0.272 e. The Hall–Kier alpha value is -2.96. The number of nitrogens with zero attached hydrogens (tertiary/aromatic N) is 1. The molecule has 1 N–H and O–H groups in total. The van der Waals surface area contributed by atoms with Crippen LogP contribution in [-0.2, 0) is 17.6 Å². The van der Waals surface area contributed by atoms with Gasteiger partial charge in [0.15, 0.2) is 0 Å². The molecule has 0 spiro atoms. The molecule has 1 unspecified atom stereocenters. The first kappa shape index (κ1) is 19.4. The van der Waals surface area contributed by atoms with E-state index in [2.05, 4.69) is 5.32 Å². The number of carbonyl (C=O) groups excluding carboxylic acids is 1. The van der Waals surface area contributed by atoms with Crippen molar-refractivity contribution in [3.05, 3.63) is 69.5 Å². The van der Waals surface area contributed by atoms with Crippen LogP contribution in [0.1, 0.15) is 24.5 Å². The highest BCUT2D eigenvalue weighted by Gasteiger charge is 2.14. The summed E-state index contributed by atoms with van der Waals surface area (Å²) in [5.74, 6) is -0.277. The van der Waals surface area contributed by atoms with Crippen LogP contribution >= 0.6 is 0 Å². The summed E-state index contributed by atoms with van der Waals surface area (Å²) in [6.07, 6.45) is 1.37. The number of hydrogen-bond acceptors (Lipinski definition) is 4. The van der Waals surface area contributed by atoms with Crippen molar-refractivity contribution >= 4 is 11.6 Å². The first-order chi connectivity index (χ1) is 12.4. The van der Waals surface area contributed by atoms with E-state index in [0.717, 1.165) is 30.2 Å². The molecule has 0 heterocycles. The molecule has 0 saturated heterocycles. The first-order valence-electron chi connectivity index (χ1n) is 8.24. The number of rotatable bonds is 8. The SMILES string of the molecule is COc1ccc(CCC(C)NC(=O)Cc2ccc([N+](=O)[O-])cc2F)cc1. The lowest BCUT2D eigenvalue weighted by Crippen LogP contribution is -2.34. The van der Waals surface area contributed by atoms with Crippen molar-refractivity contribution in [2.75, 3.05) is 7.11 Å². The molecule has 0 fully saturated rings. The molecular formula is C19H21FN2O4. The number of nitro groups is 1. The minimum absolute atomic E-state index is 0.0780. The predicted octanol–water partition coefficient (Wildman–Crippen LogP) is 3.42. The topological polar surface area (TPSA) is 81.5 Å². The minimum Gasteiger partial charge on any atom is -0.497 e. The summed E-state index contributed by atoms with van der Waals surface area (Å²) in [6, 6.07) is 10.9. The van der Waals surface area contributed by atoms with Gasteiger partial charge in [0.25, 0.3) is 5.69 Å². The summed E-state index contributed by atoms with van der Waals surface area (Å²) in [4.78, 5) is 22.0. The van der Waals surface area contributed by atoms with E-state index in [9.17, 15) is 19.3 Å². The number of methoxy groups -OCH3 is 1. The van der Waals surface area contributed by atoms with E-state index < -0.39 is 10.7 Å². The second kappa shape index (κ2) is 8.94. The first-order valence-corrected chi connectivity index (χ1v) is 8.24. The third kappa shape index (κ3) is 5.54. The van der Waals surface area contributed by atoms with Crippen molar-refractivity contribution in [2.45, 2.75) is 32.2 Å². The Bertz CT molecular complexity index is 778. The number of halogens is 1. The highest BCUT2D eigenvalue weighted by atomic mass is 19.1. The van der Waals surface area contributed by atoms with Crippen LogP contribution in [0, 0.1) is 15.9 Å². The molecule has 1 amide bonds. The number of nitro benzene ring substituents is 1. The molecule has 2 rings (SSSR count). The molecule has 0 aromatic heterocycles. The molecule has 2 aromatic rings. The highest BCUT2D eigenvalue weighted by Crippen LogP contribution is 2.17. The molecule has 0 aliphatic rings. The van der Waals surface area contributed by atoms with E-state index in [0.29, 0.717) is 0 Å². The lowest BCUT2D eigenvalue weighted by molar-refractivity contribution is -0.385. The van der Waals surface area contributed by atoms with Crippen LogP contribution in [0.2, 0.25) is 0 Å². The van der Waals surface area contributed by atoms with Gasteiger partial charge < -0.3 is 10.1 Å². The molecule has 0 bridgehead atoms. The quantitative estimate of drug-likeness (QED) is 0.578. The fourth-order valence-electron chi connectivity index (χ4n) is 2.54. The number of aryl methyl sites for hydroxylation is 1. The standard InChI is InChI=1S/C19H21FN2O4/c1-13(3-4-14-5-9-17(26-2)10-6-14)21-19(23)11-15-7-8-16(22(24)25)12-18(15)20/h5-10,12-13H,3-4,11H2,1-2H3,(H,21,23). The highest BCUT2D eigenvalue weighted by molar-refractivity contribution is 5.79. The molecule has 0 radical (unpaired) electrons. The summed E-state index contributed by atoms with van der Waals surface area (Å²) in [5.41, 5.74) is 0.934. The normalized spacial score (nSPS) is 11.7. The van der Waals surface area contributed by atoms with Gasteiger partial charge in [-0.3, -0.25) is 14.9 Å². The molecule has 0 saturated carbocycles. The molecule has 2 aromatic carbocycles. The zero-order valence-corrected chi connectivity index (χ0v) is 14.7. The van der Waals surface area contributed by atoms with E-state index in [1.807, 2.05) is 31.2 Å². The fourth-order valence-corrected chi connectivity index (χ4v) is 2.54. The molecule has 6 nitrogen and oxygen atoms in total. The maximum atomic E-state index is 13.8. The van der Waals surface area contributed by atoms with Gasteiger partial charge in [-0.25, -0.2) is 4.39 Å². The van der Waals surface area contributed by atoms with Gasteiger partial charge >= 0.3 is 0 Å². The van der Waals surface area contributed by atoms with E-state index >= 15 is 0 Å². The third-order valence-corrected chi connectivity index (χ3v) is 4.03. The van der Waals surface area contributed by atoms with E-state index in [-0.39, 0.29) is 29.6 Å². The van der Waals surface area contributed by atoms with Crippen LogP contribution in [0.3, 0.4) is 0 Å². The third-order valence-electron chi connectivity index (χ3n) is 4.03. The number of benzene rings is 2. The largest absolute Gasteiger partial charge is 0.497 e. The monoisotopic (exact) mass is 360 g/mol. The van der Waals surface area contributed by atoms with Crippen molar-refractivity contribution in [1.82, 2.24) is 5.32 Å². The Morgan fingerprint density at radius 2 is 1.96 bits per heavy atom. The van der Waals surface area contributed by atoms with Crippen LogP contribution in [-0.4, -0.2) is 24.0 Å². The summed E-state index contributed by atoms with van der Waals surface area (Å²) in [5, 5.41) is 13.4. The van der Waals surface area contributed by atoms with Gasteiger partial charge in [-0.05, 0) is 49.1 Å². The van der Waals surface area contributed by atoms with Crippen molar-refractivity contribution in [3.63, 3.8) is 0 Å². The summed E-state index contributed by atoms with van der Waals surface area (Å²) in [6.45, 7) is 1.88. The number of amides is 1. The number of carbonyl (C=O) groups is 1. The van der Waals surface area contributed by atoms with Crippen LogP contribution in [0.15, 0.2) is 42.5 Å². The lowest BCUT2D eigenvalue weighted by Gasteiger charge is -2.14. The average molecular weight is 360 g/mol. The zero-order chi connectivity index (χ0) is 19.1. The van der Waals surface area contributed by atoms with Crippen LogP contribution in [0.5, 0.6) is 5.75 Å².